The second-order valence-electron chi connectivity index (χ2n) is 6.02. The highest BCUT2D eigenvalue weighted by Crippen LogP contribution is 2.19. The lowest BCUT2D eigenvalue weighted by Crippen LogP contribution is -2.53. The number of allylic oxidation sites excluding steroid dienone is 3. The molecule has 0 aromatic rings. The molecular weight excluding hydrogens is 250 g/mol. The Morgan fingerprint density at radius 2 is 1.65 bits per heavy atom. The number of ketones is 1. The largest absolute Gasteiger partial charge is 0.390 e. The molecule has 0 aliphatic rings. The Hall–Kier alpha value is -0.930. The monoisotopic (exact) mass is 281 g/mol. The van der Waals surface area contributed by atoms with E-state index in [1.165, 1.54) is 0 Å². The van der Waals surface area contributed by atoms with E-state index < -0.39 is 12.1 Å². The van der Waals surface area contributed by atoms with Gasteiger partial charge in [-0.25, -0.2) is 0 Å². The van der Waals surface area contributed by atoms with Crippen molar-refractivity contribution >= 4 is 5.78 Å². The number of rotatable bonds is 8. The summed E-state index contributed by atoms with van der Waals surface area (Å²) in [5.74, 6) is -0.0531. The van der Waals surface area contributed by atoms with Crippen LogP contribution < -0.4 is 0 Å². The molecule has 0 heterocycles. The molecular formula is C17H31NO2. The van der Waals surface area contributed by atoms with Gasteiger partial charge < -0.3 is 5.11 Å². The van der Waals surface area contributed by atoms with Gasteiger partial charge in [0.25, 0.3) is 0 Å². The number of nitrogens with zero attached hydrogens (tertiary/aromatic N) is 1. The number of likely N-dealkylation sites (N-methyl/N-ethyl adjacent to an activating group) is 1. The first kappa shape index (κ1) is 19.1. The maximum atomic E-state index is 12.4. The first-order valence-corrected chi connectivity index (χ1v) is 7.47. The molecule has 0 bridgehead atoms. The van der Waals surface area contributed by atoms with Crippen molar-refractivity contribution in [3.8, 4) is 0 Å². The van der Waals surface area contributed by atoms with Crippen LogP contribution in [0, 0.1) is 11.8 Å². The summed E-state index contributed by atoms with van der Waals surface area (Å²) in [6.45, 7) is 11.7. The highest BCUT2D eigenvalue weighted by molar-refractivity contribution is 5.86. The van der Waals surface area contributed by atoms with Crippen LogP contribution in [0.4, 0.5) is 0 Å². The maximum Gasteiger partial charge on any atom is 0.155 e. The van der Waals surface area contributed by atoms with Gasteiger partial charge in [-0.2, -0.15) is 0 Å². The van der Waals surface area contributed by atoms with Gasteiger partial charge in [0.2, 0.25) is 0 Å². The molecule has 0 saturated heterocycles. The lowest BCUT2D eigenvalue weighted by Gasteiger charge is -2.36. The summed E-state index contributed by atoms with van der Waals surface area (Å²) in [6.07, 6.45) is 7.03. The Balaban J connectivity index is 5.15. The van der Waals surface area contributed by atoms with E-state index in [1.54, 1.807) is 0 Å². The molecule has 0 aliphatic carbocycles. The van der Waals surface area contributed by atoms with Gasteiger partial charge >= 0.3 is 0 Å². The summed E-state index contributed by atoms with van der Waals surface area (Å²) in [7, 11) is 1.90. The molecule has 0 amide bonds. The van der Waals surface area contributed by atoms with Crippen LogP contribution in [0.1, 0.15) is 41.5 Å². The van der Waals surface area contributed by atoms with Crippen molar-refractivity contribution in [2.75, 3.05) is 7.05 Å². The maximum absolute atomic E-state index is 12.4. The topological polar surface area (TPSA) is 40.5 Å². The van der Waals surface area contributed by atoms with Crippen molar-refractivity contribution in [3.05, 3.63) is 24.3 Å². The first-order chi connectivity index (χ1) is 9.23. The molecule has 1 N–H and O–H groups in total. The fourth-order valence-corrected chi connectivity index (χ4v) is 2.02. The van der Waals surface area contributed by atoms with E-state index in [0.29, 0.717) is 0 Å². The first-order valence-electron chi connectivity index (χ1n) is 7.47. The fourth-order valence-electron chi connectivity index (χ4n) is 2.02. The molecule has 0 aromatic heterocycles. The summed E-state index contributed by atoms with van der Waals surface area (Å²) in [6, 6.07) is -0.246. The van der Waals surface area contributed by atoms with Gasteiger partial charge in [0.15, 0.2) is 5.78 Å². The number of hydrogen-bond donors (Lipinski definition) is 1. The van der Waals surface area contributed by atoms with E-state index in [1.807, 2.05) is 77.8 Å². The van der Waals surface area contributed by atoms with Crippen LogP contribution in [-0.2, 0) is 4.79 Å². The van der Waals surface area contributed by atoms with Crippen LogP contribution in [0.3, 0.4) is 0 Å². The molecule has 0 radical (unpaired) electrons. The molecule has 0 fully saturated rings. The van der Waals surface area contributed by atoms with Crippen molar-refractivity contribution in [3.63, 3.8) is 0 Å². The van der Waals surface area contributed by atoms with Crippen molar-refractivity contribution in [1.29, 1.82) is 0 Å². The van der Waals surface area contributed by atoms with Gasteiger partial charge in [0.05, 0.1) is 12.1 Å². The molecule has 0 spiro atoms. The van der Waals surface area contributed by atoms with Gasteiger partial charge in [0, 0.05) is 17.9 Å². The summed E-state index contributed by atoms with van der Waals surface area (Å²) in [4.78, 5) is 14.4. The standard InChI is InChI=1S/C17H31NO2/c1-8-9-10-11-14(6)17(20)15(16(19)12(2)3)18(7)13(4)5/h8-15,17,20H,1-7H3/t14-,15-,17-/m1/s1. The quantitative estimate of drug-likeness (QED) is 0.695. The summed E-state index contributed by atoms with van der Waals surface area (Å²) < 4.78 is 0. The van der Waals surface area contributed by atoms with E-state index in [2.05, 4.69) is 0 Å². The zero-order valence-corrected chi connectivity index (χ0v) is 14.0. The fraction of sp³-hybridized carbons (Fsp3) is 0.706. The van der Waals surface area contributed by atoms with Crippen molar-refractivity contribution < 1.29 is 9.90 Å². The van der Waals surface area contributed by atoms with E-state index in [0.717, 1.165) is 0 Å². The number of aliphatic hydroxyl groups is 1. The van der Waals surface area contributed by atoms with Crippen LogP contribution in [0.15, 0.2) is 24.3 Å². The number of hydrogen-bond acceptors (Lipinski definition) is 3. The molecule has 0 aromatic carbocycles. The number of Topliss-reactive ketones (excluding diaryl/α,β-unsaturated/α-hetero) is 1. The average Bonchev–Trinajstić information content (AvgIpc) is 2.38. The van der Waals surface area contributed by atoms with Gasteiger partial charge in [-0.05, 0) is 27.8 Å². The molecule has 0 saturated carbocycles. The SMILES string of the molecule is CC=CC=C[C@@H](C)[C@@H](O)[C@@H](C(=O)C(C)C)N(C)C(C)C. The normalized spacial score (nSPS) is 17.6. The molecule has 3 heteroatoms. The zero-order valence-electron chi connectivity index (χ0n) is 14.0. The molecule has 3 atom stereocenters. The van der Waals surface area contributed by atoms with Gasteiger partial charge in [-0.15, -0.1) is 0 Å². The minimum absolute atomic E-state index is 0.0694. The minimum Gasteiger partial charge on any atom is -0.390 e. The molecule has 3 nitrogen and oxygen atoms in total. The smallest absolute Gasteiger partial charge is 0.155 e. The summed E-state index contributed by atoms with van der Waals surface area (Å²) in [5, 5.41) is 10.6. The number of carbonyl (C=O) groups is 1. The predicted octanol–water partition coefficient (Wildman–Crippen LogP) is 3.05. The Labute approximate surface area is 124 Å². The predicted molar refractivity (Wildman–Crippen MR) is 85.7 cm³/mol. The molecule has 20 heavy (non-hydrogen) atoms. The Kier molecular flexibility index (Phi) is 8.67. The van der Waals surface area contributed by atoms with E-state index in [4.69, 9.17) is 0 Å². The molecule has 116 valence electrons. The van der Waals surface area contributed by atoms with Crippen molar-refractivity contribution in [2.24, 2.45) is 11.8 Å². The molecule has 0 unspecified atom stereocenters. The lowest BCUT2D eigenvalue weighted by molar-refractivity contribution is -0.132. The second-order valence-corrected chi connectivity index (χ2v) is 6.02. The number of aliphatic hydroxyl groups excluding tert-OH is 1. The summed E-state index contributed by atoms with van der Waals surface area (Å²) in [5.41, 5.74) is 0. The van der Waals surface area contributed by atoms with Crippen molar-refractivity contribution in [2.45, 2.75) is 59.7 Å². The summed E-state index contributed by atoms with van der Waals surface area (Å²) >= 11 is 0. The van der Waals surface area contributed by atoms with Crippen LogP contribution in [-0.4, -0.2) is 41.0 Å². The van der Waals surface area contributed by atoms with Gasteiger partial charge in [-0.1, -0.05) is 45.1 Å². The van der Waals surface area contributed by atoms with Crippen LogP contribution >= 0.6 is 0 Å². The van der Waals surface area contributed by atoms with E-state index in [-0.39, 0.29) is 23.7 Å². The molecule has 0 aliphatic heterocycles. The highest BCUT2D eigenvalue weighted by Gasteiger charge is 2.35. The van der Waals surface area contributed by atoms with Gasteiger partial charge in [-0.3, -0.25) is 9.69 Å². The van der Waals surface area contributed by atoms with Crippen LogP contribution in [0.25, 0.3) is 0 Å². The average molecular weight is 281 g/mol. The molecule has 0 rings (SSSR count). The van der Waals surface area contributed by atoms with Gasteiger partial charge in [0.1, 0.15) is 0 Å². The third kappa shape index (κ3) is 5.59. The number of carbonyl (C=O) groups excluding carboxylic acids is 1. The second kappa shape index (κ2) is 9.09. The van der Waals surface area contributed by atoms with E-state index in [9.17, 15) is 9.90 Å². The lowest BCUT2D eigenvalue weighted by atomic mass is 9.88. The Morgan fingerprint density at radius 1 is 1.10 bits per heavy atom. The minimum atomic E-state index is -0.696. The third-order valence-electron chi connectivity index (χ3n) is 3.69. The third-order valence-corrected chi connectivity index (χ3v) is 3.69. The Morgan fingerprint density at radius 3 is 2.05 bits per heavy atom. The van der Waals surface area contributed by atoms with E-state index >= 15 is 0 Å². The van der Waals surface area contributed by atoms with Crippen LogP contribution in [0.5, 0.6) is 0 Å². The Bertz CT molecular complexity index is 345. The van der Waals surface area contributed by atoms with Crippen molar-refractivity contribution in [1.82, 2.24) is 4.90 Å². The zero-order chi connectivity index (χ0) is 15.9. The highest BCUT2D eigenvalue weighted by atomic mass is 16.3. The van der Waals surface area contributed by atoms with Crippen LogP contribution in [0.2, 0.25) is 0 Å².